The van der Waals surface area contributed by atoms with Crippen LogP contribution in [0.1, 0.15) is 0 Å². The van der Waals surface area contributed by atoms with E-state index in [1.807, 2.05) is 0 Å². The summed E-state index contributed by atoms with van der Waals surface area (Å²) in [5, 5.41) is 6.09. The van der Waals surface area contributed by atoms with Crippen molar-refractivity contribution in [2.24, 2.45) is 0 Å². The number of nitrogens with zero attached hydrogens (tertiary/aromatic N) is 2. The minimum absolute atomic E-state index is 0. The van der Waals surface area contributed by atoms with E-state index in [-0.39, 0.29) is 23.8 Å². The summed E-state index contributed by atoms with van der Waals surface area (Å²) >= 11 is 0. The lowest BCUT2D eigenvalue weighted by Crippen LogP contribution is -2.30. The lowest BCUT2D eigenvalue weighted by molar-refractivity contribution is -0.142. The van der Waals surface area contributed by atoms with Crippen LogP contribution in [0.25, 0.3) is 0 Å². The molecule has 0 unspecified atom stereocenters. The first kappa shape index (κ1) is 18.2. The molecule has 0 amide bonds. The van der Waals surface area contributed by atoms with Crippen LogP contribution in [0.3, 0.4) is 0 Å². The monoisotopic (exact) mass is 322 g/mol. The Morgan fingerprint density at radius 1 is 1.37 bits per heavy atom. The van der Waals surface area contributed by atoms with Crippen LogP contribution in [0.2, 0.25) is 0 Å². The zero-order valence-corrected chi connectivity index (χ0v) is 11.6. The van der Waals surface area contributed by atoms with Crippen molar-refractivity contribution in [3.8, 4) is 0 Å². The predicted molar refractivity (Wildman–Crippen MR) is 64.6 cm³/mol. The molecule has 19 heavy (non-hydrogen) atoms. The van der Waals surface area contributed by atoms with E-state index in [0.29, 0.717) is 11.2 Å². The molecule has 112 valence electrons. The molecule has 6 nitrogen and oxygen atoms in total. The molecule has 0 fully saturated rings. The maximum absolute atomic E-state index is 12.1. The molecule has 2 N–H and O–H groups in total. The number of hydrogen-bond donors (Lipinski definition) is 2. The Morgan fingerprint density at radius 3 is 2.53 bits per heavy atom. The maximum atomic E-state index is 12.1. The standard InChI is InChI=1S/C8H13F3N4O2S.ClH/c1-12-2-3-14-18(16,17)7-4-13-15(5-7)6-8(9,10)11;/h4-5,12,14H,2-3,6H2,1H3;1H. The summed E-state index contributed by atoms with van der Waals surface area (Å²) in [5.74, 6) is 0. The van der Waals surface area contributed by atoms with E-state index in [0.717, 1.165) is 12.4 Å². The van der Waals surface area contributed by atoms with Crippen LogP contribution < -0.4 is 10.0 Å². The lowest BCUT2D eigenvalue weighted by Gasteiger charge is -2.05. The summed E-state index contributed by atoms with van der Waals surface area (Å²) in [6.45, 7) is -0.766. The van der Waals surface area contributed by atoms with Gasteiger partial charge >= 0.3 is 6.18 Å². The number of likely N-dealkylation sites (N-methyl/N-ethyl adjacent to an activating group) is 1. The Morgan fingerprint density at radius 2 is 2.00 bits per heavy atom. The Labute approximate surface area is 114 Å². The molecule has 0 bridgehead atoms. The summed E-state index contributed by atoms with van der Waals surface area (Å²) < 4.78 is 62.2. The molecule has 0 aliphatic carbocycles. The zero-order valence-electron chi connectivity index (χ0n) is 9.94. The van der Waals surface area contributed by atoms with E-state index in [9.17, 15) is 21.6 Å². The first-order chi connectivity index (χ1) is 8.24. The van der Waals surface area contributed by atoms with Crippen LogP contribution in [0, 0.1) is 0 Å². The van der Waals surface area contributed by atoms with Gasteiger partial charge in [0.25, 0.3) is 0 Å². The van der Waals surface area contributed by atoms with Crippen LogP contribution >= 0.6 is 12.4 Å². The molecule has 11 heteroatoms. The first-order valence-corrected chi connectivity index (χ1v) is 6.46. The molecular weight excluding hydrogens is 309 g/mol. The van der Waals surface area contributed by atoms with E-state index >= 15 is 0 Å². The average molecular weight is 323 g/mol. The van der Waals surface area contributed by atoms with Crippen LogP contribution in [-0.4, -0.2) is 44.5 Å². The van der Waals surface area contributed by atoms with E-state index in [2.05, 4.69) is 15.1 Å². The fraction of sp³-hybridized carbons (Fsp3) is 0.625. The topological polar surface area (TPSA) is 76.0 Å². The summed E-state index contributed by atoms with van der Waals surface area (Å²) in [6, 6.07) is 0. The van der Waals surface area contributed by atoms with Crippen molar-refractivity contribution in [3.05, 3.63) is 12.4 Å². The number of sulfonamides is 1. The van der Waals surface area contributed by atoms with Crippen molar-refractivity contribution in [3.63, 3.8) is 0 Å². The molecule has 0 saturated heterocycles. The number of halogens is 4. The molecule has 1 aromatic heterocycles. The van der Waals surface area contributed by atoms with E-state index < -0.39 is 22.7 Å². The second-order valence-electron chi connectivity index (χ2n) is 3.49. The number of alkyl halides is 3. The van der Waals surface area contributed by atoms with Gasteiger partial charge in [0.15, 0.2) is 0 Å². The molecule has 0 aromatic carbocycles. The predicted octanol–water partition coefficient (Wildman–Crippen LogP) is 0.365. The van der Waals surface area contributed by atoms with Crippen LogP contribution in [0.5, 0.6) is 0 Å². The number of nitrogens with one attached hydrogen (secondary N) is 2. The molecule has 0 aliphatic heterocycles. The van der Waals surface area contributed by atoms with Gasteiger partial charge in [0.2, 0.25) is 10.0 Å². The minimum Gasteiger partial charge on any atom is -0.318 e. The van der Waals surface area contributed by atoms with Crippen LogP contribution in [0.4, 0.5) is 13.2 Å². The van der Waals surface area contributed by atoms with Gasteiger partial charge in [-0.1, -0.05) is 0 Å². The Balaban J connectivity index is 0.00000324. The third-order valence-corrected chi connectivity index (χ3v) is 3.34. The van der Waals surface area contributed by atoms with Gasteiger partial charge in [0.05, 0.1) is 6.20 Å². The Bertz CT molecular complexity index is 488. The fourth-order valence-corrected chi connectivity index (χ4v) is 2.13. The highest BCUT2D eigenvalue weighted by Crippen LogP contribution is 2.17. The van der Waals surface area contributed by atoms with Gasteiger partial charge in [-0.25, -0.2) is 13.1 Å². The summed E-state index contributed by atoms with van der Waals surface area (Å²) in [4.78, 5) is -0.289. The van der Waals surface area contributed by atoms with Crippen molar-refractivity contribution in [1.29, 1.82) is 0 Å². The third kappa shape index (κ3) is 6.23. The summed E-state index contributed by atoms with van der Waals surface area (Å²) in [5.41, 5.74) is 0. The largest absolute Gasteiger partial charge is 0.408 e. The normalized spacial score (nSPS) is 12.2. The number of aromatic nitrogens is 2. The van der Waals surface area contributed by atoms with Gasteiger partial charge in [-0.2, -0.15) is 18.3 Å². The van der Waals surface area contributed by atoms with E-state index in [1.54, 1.807) is 7.05 Å². The molecule has 1 rings (SSSR count). The smallest absolute Gasteiger partial charge is 0.318 e. The van der Waals surface area contributed by atoms with Crippen molar-refractivity contribution in [2.75, 3.05) is 20.1 Å². The number of rotatable bonds is 6. The first-order valence-electron chi connectivity index (χ1n) is 4.98. The van der Waals surface area contributed by atoms with Gasteiger partial charge in [-0.05, 0) is 7.05 Å². The third-order valence-electron chi connectivity index (χ3n) is 1.93. The highest BCUT2D eigenvalue weighted by Gasteiger charge is 2.29. The fourth-order valence-electron chi connectivity index (χ4n) is 1.15. The molecule has 0 saturated carbocycles. The molecule has 0 radical (unpaired) electrons. The van der Waals surface area contributed by atoms with Gasteiger partial charge in [0, 0.05) is 19.3 Å². The highest BCUT2D eigenvalue weighted by molar-refractivity contribution is 7.89. The second kappa shape index (κ2) is 7.08. The van der Waals surface area contributed by atoms with Crippen molar-refractivity contribution in [1.82, 2.24) is 19.8 Å². The SMILES string of the molecule is CNCCNS(=O)(=O)c1cnn(CC(F)(F)F)c1.Cl. The van der Waals surface area contributed by atoms with Crippen LogP contribution in [-0.2, 0) is 16.6 Å². The van der Waals surface area contributed by atoms with Gasteiger partial charge in [-0.15, -0.1) is 12.4 Å². The minimum atomic E-state index is -4.44. The molecule has 0 atom stereocenters. The average Bonchev–Trinajstić information content (AvgIpc) is 2.64. The molecule has 0 spiro atoms. The van der Waals surface area contributed by atoms with Gasteiger partial charge in [-0.3, -0.25) is 4.68 Å². The quantitative estimate of drug-likeness (QED) is 0.742. The second-order valence-corrected chi connectivity index (χ2v) is 5.26. The zero-order chi connectivity index (χ0) is 13.8. The summed E-state index contributed by atoms with van der Waals surface area (Å²) in [6.07, 6.45) is -2.71. The van der Waals surface area contributed by atoms with Crippen molar-refractivity contribution < 1.29 is 21.6 Å². The Hall–Kier alpha value is -0.840. The van der Waals surface area contributed by atoms with Crippen molar-refractivity contribution in [2.45, 2.75) is 17.6 Å². The van der Waals surface area contributed by atoms with E-state index in [1.165, 1.54) is 0 Å². The lowest BCUT2D eigenvalue weighted by atomic mass is 10.6. The Kier molecular flexibility index (Phi) is 6.77. The molecule has 1 aromatic rings. The molecular formula is C8H14ClF3N4O2S. The van der Waals surface area contributed by atoms with Gasteiger partial charge < -0.3 is 5.32 Å². The highest BCUT2D eigenvalue weighted by atomic mass is 35.5. The maximum Gasteiger partial charge on any atom is 0.408 e. The van der Waals surface area contributed by atoms with E-state index in [4.69, 9.17) is 0 Å². The summed E-state index contributed by atoms with van der Waals surface area (Å²) in [7, 11) is -2.16. The molecule has 0 aliphatic rings. The number of hydrogen-bond acceptors (Lipinski definition) is 4. The molecule has 1 heterocycles. The van der Waals surface area contributed by atoms with Crippen molar-refractivity contribution >= 4 is 22.4 Å². The van der Waals surface area contributed by atoms with Crippen LogP contribution in [0.15, 0.2) is 17.3 Å². The van der Waals surface area contributed by atoms with Gasteiger partial charge in [0.1, 0.15) is 11.4 Å².